The fourth-order valence-electron chi connectivity index (χ4n) is 2.04. The highest BCUT2D eigenvalue weighted by atomic mass is 32.2. The predicted molar refractivity (Wildman–Crippen MR) is 80.0 cm³/mol. The molecule has 0 aliphatic rings. The lowest BCUT2D eigenvalue weighted by molar-refractivity contribution is 0.718. The lowest BCUT2D eigenvalue weighted by atomic mass is 9.97. The maximum Gasteiger partial charge on any atom is 0.0335 e. The molecule has 0 heterocycles. The number of nitrogens with two attached hydrogens (primary N) is 1. The highest BCUT2D eigenvalue weighted by molar-refractivity contribution is 7.98. The second-order valence-corrected chi connectivity index (χ2v) is 5.39. The summed E-state index contributed by atoms with van der Waals surface area (Å²) >= 11 is 1.75. The topological polar surface area (TPSA) is 26.0 Å². The Balaban J connectivity index is 2.11. The molecule has 2 aromatic carbocycles. The fraction of sp³-hybridized carbons (Fsp3) is 0.250. The van der Waals surface area contributed by atoms with Crippen molar-refractivity contribution in [2.45, 2.75) is 24.3 Å². The minimum Gasteiger partial charge on any atom is -0.324 e. The van der Waals surface area contributed by atoms with Gasteiger partial charge in [-0.3, -0.25) is 0 Å². The summed E-state index contributed by atoms with van der Waals surface area (Å²) in [7, 11) is 0. The zero-order valence-corrected chi connectivity index (χ0v) is 11.7. The molecule has 0 amide bonds. The maximum atomic E-state index is 6.28. The largest absolute Gasteiger partial charge is 0.324 e. The Labute approximate surface area is 113 Å². The van der Waals surface area contributed by atoms with E-state index in [4.69, 9.17) is 5.73 Å². The van der Waals surface area contributed by atoms with Gasteiger partial charge in [0, 0.05) is 10.9 Å². The summed E-state index contributed by atoms with van der Waals surface area (Å²) in [5.41, 5.74) is 10.1. The molecule has 0 saturated heterocycles. The first-order valence-corrected chi connectivity index (χ1v) is 7.37. The van der Waals surface area contributed by atoms with Crippen LogP contribution in [0.4, 0.5) is 0 Å². The van der Waals surface area contributed by atoms with Crippen molar-refractivity contribution >= 4 is 11.8 Å². The third-order valence-corrected chi connectivity index (χ3v) is 3.99. The molecule has 0 saturated carbocycles. The number of benzene rings is 2. The van der Waals surface area contributed by atoms with Crippen molar-refractivity contribution in [1.82, 2.24) is 0 Å². The third kappa shape index (κ3) is 3.15. The van der Waals surface area contributed by atoms with Crippen LogP contribution < -0.4 is 5.73 Å². The number of rotatable bonds is 4. The van der Waals surface area contributed by atoms with Gasteiger partial charge >= 0.3 is 0 Å². The molecule has 2 aromatic rings. The summed E-state index contributed by atoms with van der Waals surface area (Å²) in [5, 5.41) is 0. The molecule has 1 unspecified atom stereocenters. The first-order chi connectivity index (χ1) is 8.70. The van der Waals surface area contributed by atoms with Crippen molar-refractivity contribution < 1.29 is 0 Å². The van der Waals surface area contributed by atoms with E-state index < -0.39 is 0 Å². The molecule has 0 fully saturated rings. The molecule has 0 radical (unpaired) electrons. The summed E-state index contributed by atoms with van der Waals surface area (Å²) in [6.07, 6.45) is 2.98. The first-order valence-electron chi connectivity index (χ1n) is 6.14. The van der Waals surface area contributed by atoms with Gasteiger partial charge in [0.25, 0.3) is 0 Å². The smallest absolute Gasteiger partial charge is 0.0335 e. The molecule has 2 heteroatoms. The number of aryl methyl sites for hydroxylation is 1. The van der Waals surface area contributed by atoms with Crippen molar-refractivity contribution in [3.8, 4) is 0 Å². The van der Waals surface area contributed by atoms with Gasteiger partial charge in [-0.1, -0.05) is 36.4 Å². The zero-order chi connectivity index (χ0) is 13.0. The van der Waals surface area contributed by atoms with E-state index in [1.165, 1.54) is 21.6 Å². The summed E-state index contributed by atoms with van der Waals surface area (Å²) < 4.78 is 0. The number of hydrogen-bond donors (Lipinski definition) is 1. The molecule has 18 heavy (non-hydrogen) atoms. The minimum atomic E-state index is 0.0713. The van der Waals surface area contributed by atoms with Crippen LogP contribution in [0.3, 0.4) is 0 Å². The highest BCUT2D eigenvalue weighted by Gasteiger charge is 2.08. The van der Waals surface area contributed by atoms with Gasteiger partial charge in [0.15, 0.2) is 0 Å². The average molecular weight is 257 g/mol. The molecular weight excluding hydrogens is 238 g/mol. The van der Waals surface area contributed by atoms with Gasteiger partial charge in [-0.05, 0) is 48.4 Å². The zero-order valence-electron chi connectivity index (χ0n) is 10.9. The Kier molecular flexibility index (Phi) is 4.45. The lowest BCUT2D eigenvalue weighted by Gasteiger charge is -2.14. The van der Waals surface area contributed by atoms with Crippen molar-refractivity contribution in [3.63, 3.8) is 0 Å². The van der Waals surface area contributed by atoms with Crippen LogP contribution in [0.2, 0.25) is 0 Å². The van der Waals surface area contributed by atoms with Crippen LogP contribution in [0.1, 0.15) is 22.7 Å². The second kappa shape index (κ2) is 6.07. The van der Waals surface area contributed by atoms with Crippen molar-refractivity contribution in [2.24, 2.45) is 5.73 Å². The predicted octanol–water partition coefficient (Wildman–Crippen LogP) is 3.96. The van der Waals surface area contributed by atoms with E-state index >= 15 is 0 Å². The van der Waals surface area contributed by atoms with Crippen LogP contribution in [0, 0.1) is 6.92 Å². The Bertz CT molecular complexity index is 505. The molecular formula is C16H19NS. The molecule has 0 aliphatic carbocycles. The van der Waals surface area contributed by atoms with Crippen LogP contribution in [0.15, 0.2) is 53.4 Å². The van der Waals surface area contributed by atoms with Crippen LogP contribution in [-0.4, -0.2) is 6.26 Å². The Morgan fingerprint density at radius 3 is 2.33 bits per heavy atom. The second-order valence-electron chi connectivity index (χ2n) is 4.51. The van der Waals surface area contributed by atoms with Gasteiger partial charge < -0.3 is 5.73 Å². The summed E-state index contributed by atoms with van der Waals surface area (Å²) in [4.78, 5) is 1.28. The molecule has 0 aliphatic heterocycles. The Morgan fingerprint density at radius 1 is 1.06 bits per heavy atom. The average Bonchev–Trinajstić information content (AvgIpc) is 2.41. The van der Waals surface area contributed by atoms with Gasteiger partial charge in [0.1, 0.15) is 0 Å². The van der Waals surface area contributed by atoms with E-state index in [9.17, 15) is 0 Å². The third-order valence-electron chi connectivity index (χ3n) is 3.25. The van der Waals surface area contributed by atoms with Gasteiger partial charge in [0.05, 0.1) is 0 Å². The molecule has 0 aromatic heterocycles. The lowest BCUT2D eigenvalue weighted by Crippen LogP contribution is -2.13. The summed E-state index contributed by atoms with van der Waals surface area (Å²) in [6, 6.07) is 17.1. The van der Waals surface area contributed by atoms with Crippen molar-refractivity contribution in [2.75, 3.05) is 6.26 Å². The SMILES string of the molecule is CSc1ccc(C(N)Cc2ccccc2C)cc1. The van der Waals surface area contributed by atoms with Gasteiger partial charge in [-0.25, -0.2) is 0 Å². The molecule has 2 N–H and O–H groups in total. The van der Waals surface area contributed by atoms with E-state index in [0.29, 0.717) is 0 Å². The molecule has 1 nitrogen and oxygen atoms in total. The monoisotopic (exact) mass is 257 g/mol. The first kappa shape index (κ1) is 13.2. The van der Waals surface area contributed by atoms with E-state index in [1.54, 1.807) is 11.8 Å². The quantitative estimate of drug-likeness (QED) is 0.839. The molecule has 2 rings (SSSR count). The Morgan fingerprint density at radius 2 is 1.72 bits per heavy atom. The Hall–Kier alpha value is -1.25. The number of thioether (sulfide) groups is 1. The highest BCUT2D eigenvalue weighted by Crippen LogP contribution is 2.21. The fourth-order valence-corrected chi connectivity index (χ4v) is 2.45. The molecule has 0 spiro atoms. The maximum absolute atomic E-state index is 6.28. The van der Waals surface area contributed by atoms with Crippen LogP contribution in [-0.2, 0) is 6.42 Å². The van der Waals surface area contributed by atoms with Gasteiger partial charge in [-0.15, -0.1) is 11.8 Å². The molecule has 1 atom stereocenters. The van der Waals surface area contributed by atoms with Crippen LogP contribution in [0.5, 0.6) is 0 Å². The van der Waals surface area contributed by atoms with Crippen LogP contribution >= 0.6 is 11.8 Å². The van der Waals surface area contributed by atoms with E-state index in [2.05, 4.69) is 61.7 Å². The molecule has 0 bridgehead atoms. The van der Waals surface area contributed by atoms with Crippen molar-refractivity contribution in [1.29, 1.82) is 0 Å². The summed E-state index contributed by atoms with van der Waals surface area (Å²) in [6.45, 7) is 2.14. The van der Waals surface area contributed by atoms with Crippen LogP contribution in [0.25, 0.3) is 0 Å². The van der Waals surface area contributed by atoms with Gasteiger partial charge in [0.2, 0.25) is 0 Å². The summed E-state index contributed by atoms with van der Waals surface area (Å²) in [5.74, 6) is 0. The standard InChI is InChI=1S/C16H19NS/c1-12-5-3-4-6-14(12)11-16(17)13-7-9-15(18-2)10-8-13/h3-10,16H,11,17H2,1-2H3. The van der Waals surface area contributed by atoms with Crippen molar-refractivity contribution in [3.05, 3.63) is 65.2 Å². The van der Waals surface area contributed by atoms with Gasteiger partial charge in [-0.2, -0.15) is 0 Å². The van der Waals surface area contributed by atoms with E-state index in [1.807, 2.05) is 0 Å². The normalized spacial score (nSPS) is 12.4. The van der Waals surface area contributed by atoms with E-state index in [0.717, 1.165) is 6.42 Å². The molecule has 94 valence electrons. The minimum absolute atomic E-state index is 0.0713. The van der Waals surface area contributed by atoms with E-state index in [-0.39, 0.29) is 6.04 Å². The number of hydrogen-bond acceptors (Lipinski definition) is 2.